The molecule has 0 fully saturated rings. The van der Waals surface area contributed by atoms with Gasteiger partial charge < -0.3 is 0 Å². The van der Waals surface area contributed by atoms with Crippen LogP contribution in [0.2, 0.25) is 5.02 Å². The van der Waals surface area contributed by atoms with Gasteiger partial charge in [-0.05, 0) is 29.8 Å². The molecule has 0 aliphatic heterocycles. The molecule has 1 nitrogen and oxygen atoms in total. The van der Waals surface area contributed by atoms with Crippen molar-refractivity contribution in [1.82, 2.24) is 0 Å². The highest BCUT2D eigenvalue weighted by Crippen LogP contribution is 2.32. The molecule has 5 heteroatoms. The topological polar surface area (TPSA) is 17.1 Å². The summed E-state index contributed by atoms with van der Waals surface area (Å²) < 4.78 is 37.0. The largest absolute Gasteiger partial charge is 0.416 e. The molecule has 1 rings (SSSR count). The molecular formula is C10H6ClF3O. The number of benzene rings is 1. The lowest BCUT2D eigenvalue weighted by atomic mass is 10.1. The minimum absolute atomic E-state index is 0.0182. The van der Waals surface area contributed by atoms with E-state index in [2.05, 4.69) is 0 Å². The van der Waals surface area contributed by atoms with Crippen LogP contribution in [0.3, 0.4) is 0 Å². The standard InChI is InChI=1S/C10H6ClF3O/c11-9-5-7(2-1-3-15)4-8(6-9)10(12,13)14/h1-6H/b2-1+. The van der Waals surface area contributed by atoms with Crippen LogP contribution in [0.5, 0.6) is 0 Å². The van der Waals surface area contributed by atoms with Gasteiger partial charge in [-0.15, -0.1) is 0 Å². The van der Waals surface area contributed by atoms with Crippen LogP contribution in [0.1, 0.15) is 11.1 Å². The van der Waals surface area contributed by atoms with Crippen LogP contribution in [0, 0.1) is 0 Å². The van der Waals surface area contributed by atoms with Crippen LogP contribution < -0.4 is 0 Å². The van der Waals surface area contributed by atoms with E-state index in [4.69, 9.17) is 11.6 Å². The van der Waals surface area contributed by atoms with E-state index in [1.165, 1.54) is 12.1 Å². The second-order valence-corrected chi connectivity index (χ2v) is 3.20. The van der Waals surface area contributed by atoms with Crippen molar-refractivity contribution in [3.63, 3.8) is 0 Å². The third-order valence-corrected chi connectivity index (χ3v) is 1.83. The Kier molecular flexibility index (Phi) is 3.52. The predicted molar refractivity (Wildman–Crippen MR) is 51.6 cm³/mol. The molecule has 0 unspecified atom stereocenters. The number of aldehydes is 1. The van der Waals surface area contributed by atoms with Gasteiger partial charge in [0.2, 0.25) is 0 Å². The van der Waals surface area contributed by atoms with Crippen LogP contribution in [0.15, 0.2) is 24.3 Å². The summed E-state index contributed by atoms with van der Waals surface area (Å²) in [5, 5.41) is -0.0182. The first-order valence-electron chi connectivity index (χ1n) is 3.93. The molecule has 80 valence electrons. The number of halogens is 4. The number of allylic oxidation sites excluding steroid dienone is 1. The summed E-state index contributed by atoms with van der Waals surface area (Å²) in [6.07, 6.45) is -1.59. The number of carbonyl (C=O) groups is 1. The highest BCUT2D eigenvalue weighted by Gasteiger charge is 2.30. The number of rotatable bonds is 2. The minimum Gasteiger partial charge on any atom is -0.299 e. The quantitative estimate of drug-likeness (QED) is 0.565. The second-order valence-electron chi connectivity index (χ2n) is 2.77. The predicted octanol–water partition coefficient (Wildman–Crippen LogP) is 3.57. The fourth-order valence-corrected chi connectivity index (χ4v) is 1.27. The molecule has 0 aromatic heterocycles. The van der Waals surface area contributed by atoms with Crippen LogP contribution in [-0.2, 0) is 11.0 Å². The Balaban J connectivity index is 3.16. The summed E-state index contributed by atoms with van der Waals surface area (Å²) in [5.41, 5.74) is -0.595. The van der Waals surface area contributed by atoms with E-state index in [-0.39, 0.29) is 10.6 Å². The zero-order valence-corrected chi connectivity index (χ0v) is 8.14. The van der Waals surface area contributed by atoms with Gasteiger partial charge in [-0.2, -0.15) is 13.2 Å². The fourth-order valence-electron chi connectivity index (χ4n) is 1.02. The number of hydrogen-bond donors (Lipinski definition) is 0. The van der Waals surface area contributed by atoms with Gasteiger partial charge in [0.05, 0.1) is 5.56 Å². The lowest BCUT2D eigenvalue weighted by molar-refractivity contribution is -0.137. The zero-order valence-electron chi connectivity index (χ0n) is 7.38. The molecule has 0 heterocycles. The van der Waals surface area contributed by atoms with E-state index in [0.29, 0.717) is 6.29 Å². The van der Waals surface area contributed by atoms with Crippen LogP contribution in [0.4, 0.5) is 13.2 Å². The van der Waals surface area contributed by atoms with Crippen molar-refractivity contribution in [1.29, 1.82) is 0 Å². The SMILES string of the molecule is O=C/C=C/c1cc(Cl)cc(C(F)(F)F)c1. The lowest BCUT2D eigenvalue weighted by Gasteiger charge is -2.07. The average molecular weight is 235 g/mol. The van der Waals surface area contributed by atoms with Gasteiger partial charge in [-0.3, -0.25) is 4.79 Å². The van der Waals surface area contributed by atoms with Gasteiger partial charge in [0.15, 0.2) is 0 Å². The molecule has 0 saturated carbocycles. The number of carbonyl (C=O) groups excluding carboxylic acids is 1. The van der Waals surface area contributed by atoms with Crippen molar-refractivity contribution in [3.8, 4) is 0 Å². The van der Waals surface area contributed by atoms with E-state index >= 15 is 0 Å². The van der Waals surface area contributed by atoms with Gasteiger partial charge in [0, 0.05) is 5.02 Å². The monoisotopic (exact) mass is 234 g/mol. The van der Waals surface area contributed by atoms with Crippen molar-refractivity contribution >= 4 is 24.0 Å². The van der Waals surface area contributed by atoms with Crippen molar-refractivity contribution in [2.24, 2.45) is 0 Å². The molecule has 0 aliphatic carbocycles. The minimum atomic E-state index is -4.44. The number of hydrogen-bond acceptors (Lipinski definition) is 1. The summed E-state index contributed by atoms with van der Waals surface area (Å²) >= 11 is 5.51. The Hall–Kier alpha value is -1.29. The Morgan fingerprint density at radius 1 is 1.20 bits per heavy atom. The Bertz CT molecular complexity index is 396. The summed E-state index contributed by atoms with van der Waals surface area (Å²) in [6.45, 7) is 0. The first-order valence-corrected chi connectivity index (χ1v) is 4.31. The summed E-state index contributed by atoms with van der Waals surface area (Å²) in [7, 11) is 0. The maximum atomic E-state index is 12.3. The second kappa shape index (κ2) is 4.49. The molecule has 1 aromatic rings. The van der Waals surface area contributed by atoms with E-state index < -0.39 is 11.7 Å². The van der Waals surface area contributed by atoms with Crippen LogP contribution in [0.25, 0.3) is 6.08 Å². The third kappa shape index (κ3) is 3.40. The maximum absolute atomic E-state index is 12.3. The molecule has 0 aliphatic rings. The van der Waals surface area contributed by atoms with Gasteiger partial charge in [0.1, 0.15) is 6.29 Å². The fraction of sp³-hybridized carbons (Fsp3) is 0.100. The summed E-state index contributed by atoms with van der Waals surface area (Å²) in [6, 6.07) is 3.10. The molecule has 0 saturated heterocycles. The van der Waals surface area contributed by atoms with Crippen molar-refractivity contribution in [2.45, 2.75) is 6.18 Å². The molecule has 1 aromatic carbocycles. The van der Waals surface area contributed by atoms with Crippen LogP contribution in [-0.4, -0.2) is 6.29 Å². The zero-order chi connectivity index (χ0) is 11.5. The lowest BCUT2D eigenvalue weighted by Crippen LogP contribution is -2.04. The Morgan fingerprint density at radius 2 is 1.87 bits per heavy atom. The molecular weight excluding hydrogens is 229 g/mol. The van der Waals surface area contributed by atoms with Gasteiger partial charge in [-0.25, -0.2) is 0 Å². The van der Waals surface area contributed by atoms with Crippen LogP contribution >= 0.6 is 11.6 Å². The number of alkyl halides is 3. The molecule has 15 heavy (non-hydrogen) atoms. The molecule has 0 amide bonds. The maximum Gasteiger partial charge on any atom is 0.416 e. The van der Waals surface area contributed by atoms with E-state index in [1.807, 2.05) is 0 Å². The first-order chi connectivity index (χ1) is 6.93. The molecule has 0 atom stereocenters. The van der Waals surface area contributed by atoms with Crippen molar-refractivity contribution in [3.05, 3.63) is 40.4 Å². The Morgan fingerprint density at radius 3 is 2.40 bits per heavy atom. The molecule has 0 radical (unpaired) electrons. The van der Waals surface area contributed by atoms with Gasteiger partial charge in [-0.1, -0.05) is 17.7 Å². The van der Waals surface area contributed by atoms with Crippen molar-refractivity contribution < 1.29 is 18.0 Å². The highest BCUT2D eigenvalue weighted by atomic mass is 35.5. The molecule has 0 spiro atoms. The summed E-state index contributed by atoms with van der Waals surface area (Å²) in [4.78, 5) is 10.0. The molecule has 0 N–H and O–H groups in total. The Labute approximate surface area is 89.2 Å². The van der Waals surface area contributed by atoms with Gasteiger partial charge >= 0.3 is 6.18 Å². The molecule has 0 bridgehead atoms. The van der Waals surface area contributed by atoms with E-state index in [9.17, 15) is 18.0 Å². The average Bonchev–Trinajstić information content (AvgIpc) is 2.12. The smallest absolute Gasteiger partial charge is 0.299 e. The summed E-state index contributed by atoms with van der Waals surface area (Å²) in [5.74, 6) is 0. The van der Waals surface area contributed by atoms with Crippen molar-refractivity contribution in [2.75, 3.05) is 0 Å². The van der Waals surface area contributed by atoms with E-state index in [0.717, 1.165) is 18.2 Å². The van der Waals surface area contributed by atoms with E-state index in [1.54, 1.807) is 0 Å². The van der Waals surface area contributed by atoms with Gasteiger partial charge in [0.25, 0.3) is 0 Å². The first kappa shape index (κ1) is 11.8. The normalized spacial score (nSPS) is 12.0. The third-order valence-electron chi connectivity index (χ3n) is 1.61. The highest BCUT2D eigenvalue weighted by molar-refractivity contribution is 6.30.